The minimum absolute atomic E-state index is 0.00562. The standard InChI is InChI=1S/C14H21N3O4S/c1-10(2)13(18)16-9-8-11-4-6-12(7-5-11)22(20,21)17-14(19)15-3/h4-7,10H,8-9H2,1-3H3,(H,16,18)(H2,15,17,19). The Morgan fingerprint density at radius 2 is 1.73 bits per heavy atom. The minimum atomic E-state index is -3.87. The third-order valence-electron chi connectivity index (χ3n) is 2.93. The van der Waals surface area contributed by atoms with Crippen molar-refractivity contribution in [3.05, 3.63) is 29.8 Å². The molecule has 0 heterocycles. The fraction of sp³-hybridized carbons (Fsp3) is 0.429. The van der Waals surface area contributed by atoms with Crippen LogP contribution in [0.4, 0.5) is 4.79 Å². The van der Waals surface area contributed by atoms with Gasteiger partial charge in [-0.1, -0.05) is 26.0 Å². The van der Waals surface area contributed by atoms with Crippen LogP contribution in [-0.2, 0) is 21.2 Å². The lowest BCUT2D eigenvalue weighted by Crippen LogP contribution is -2.37. The Balaban J connectivity index is 2.63. The van der Waals surface area contributed by atoms with Crippen LogP contribution in [0.5, 0.6) is 0 Å². The third kappa shape index (κ3) is 5.36. The molecule has 0 radical (unpaired) electrons. The Bertz CT molecular complexity index is 624. The van der Waals surface area contributed by atoms with Crippen LogP contribution in [0.2, 0.25) is 0 Å². The molecule has 3 amide bonds. The van der Waals surface area contributed by atoms with Gasteiger partial charge in [-0.2, -0.15) is 0 Å². The van der Waals surface area contributed by atoms with Gasteiger partial charge in [0, 0.05) is 19.5 Å². The first-order valence-electron chi connectivity index (χ1n) is 6.87. The Morgan fingerprint density at radius 1 is 1.14 bits per heavy atom. The third-order valence-corrected chi connectivity index (χ3v) is 4.27. The van der Waals surface area contributed by atoms with E-state index < -0.39 is 16.1 Å². The molecule has 3 N–H and O–H groups in total. The maximum atomic E-state index is 11.9. The Hall–Kier alpha value is -2.09. The van der Waals surface area contributed by atoms with Crippen LogP contribution >= 0.6 is 0 Å². The molecule has 0 saturated carbocycles. The number of carbonyl (C=O) groups is 2. The average Bonchev–Trinajstić information content (AvgIpc) is 2.47. The van der Waals surface area contributed by atoms with E-state index in [2.05, 4.69) is 10.6 Å². The van der Waals surface area contributed by atoms with Crippen LogP contribution in [0.25, 0.3) is 0 Å². The van der Waals surface area contributed by atoms with Crippen molar-refractivity contribution in [3.8, 4) is 0 Å². The van der Waals surface area contributed by atoms with Crippen molar-refractivity contribution in [2.45, 2.75) is 25.2 Å². The molecule has 0 fully saturated rings. The Labute approximate surface area is 130 Å². The zero-order chi connectivity index (χ0) is 16.8. The lowest BCUT2D eigenvalue weighted by molar-refractivity contribution is -0.123. The monoisotopic (exact) mass is 327 g/mol. The highest BCUT2D eigenvalue weighted by Crippen LogP contribution is 2.10. The Kier molecular flexibility index (Phi) is 6.36. The van der Waals surface area contributed by atoms with E-state index in [-0.39, 0.29) is 16.7 Å². The lowest BCUT2D eigenvalue weighted by Gasteiger charge is -2.09. The van der Waals surface area contributed by atoms with E-state index in [0.29, 0.717) is 13.0 Å². The SMILES string of the molecule is CNC(=O)NS(=O)(=O)c1ccc(CCNC(=O)C(C)C)cc1. The molecule has 0 unspecified atom stereocenters. The van der Waals surface area contributed by atoms with Crippen molar-refractivity contribution < 1.29 is 18.0 Å². The summed E-state index contributed by atoms with van der Waals surface area (Å²) < 4.78 is 25.6. The largest absolute Gasteiger partial charge is 0.356 e. The van der Waals surface area contributed by atoms with Gasteiger partial charge in [0.2, 0.25) is 5.91 Å². The van der Waals surface area contributed by atoms with Crippen LogP contribution in [0.15, 0.2) is 29.2 Å². The number of hydrogen-bond donors (Lipinski definition) is 3. The summed E-state index contributed by atoms with van der Waals surface area (Å²) in [6.45, 7) is 4.11. The van der Waals surface area contributed by atoms with E-state index >= 15 is 0 Å². The molecule has 0 spiro atoms. The lowest BCUT2D eigenvalue weighted by atomic mass is 10.1. The molecule has 1 rings (SSSR count). The van der Waals surface area contributed by atoms with Gasteiger partial charge in [0.1, 0.15) is 0 Å². The van der Waals surface area contributed by atoms with Gasteiger partial charge < -0.3 is 10.6 Å². The highest BCUT2D eigenvalue weighted by Gasteiger charge is 2.16. The molecule has 0 saturated heterocycles. The smallest absolute Gasteiger partial charge is 0.328 e. The van der Waals surface area contributed by atoms with Crippen molar-refractivity contribution in [2.75, 3.05) is 13.6 Å². The number of amides is 3. The Morgan fingerprint density at radius 3 is 2.23 bits per heavy atom. The van der Waals surface area contributed by atoms with Crippen molar-refractivity contribution in [1.29, 1.82) is 0 Å². The number of hydrogen-bond acceptors (Lipinski definition) is 4. The molecule has 1 aromatic rings. The van der Waals surface area contributed by atoms with E-state index in [1.165, 1.54) is 19.2 Å². The van der Waals surface area contributed by atoms with Crippen molar-refractivity contribution in [3.63, 3.8) is 0 Å². The first-order valence-corrected chi connectivity index (χ1v) is 8.35. The highest BCUT2D eigenvalue weighted by molar-refractivity contribution is 7.90. The predicted octanol–water partition coefficient (Wildman–Crippen LogP) is 0.619. The normalized spacial score (nSPS) is 11.1. The molecule has 22 heavy (non-hydrogen) atoms. The maximum Gasteiger partial charge on any atom is 0.328 e. The molecule has 1 aromatic carbocycles. The molecule has 0 atom stereocenters. The van der Waals surface area contributed by atoms with E-state index in [4.69, 9.17) is 0 Å². The summed E-state index contributed by atoms with van der Waals surface area (Å²) in [5, 5.41) is 4.97. The van der Waals surface area contributed by atoms with E-state index in [1.54, 1.807) is 12.1 Å². The van der Waals surface area contributed by atoms with Gasteiger partial charge in [0.05, 0.1) is 4.90 Å². The number of sulfonamides is 1. The van der Waals surface area contributed by atoms with Crippen LogP contribution < -0.4 is 15.4 Å². The van der Waals surface area contributed by atoms with E-state index in [0.717, 1.165) is 5.56 Å². The molecule has 0 aliphatic carbocycles. The van der Waals surface area contributed by atoms with Gasteiger partial charge in [-0.25, -0.2) is 17.9 Å². The predicted molar refractivity (Wildman–Crippen MR) is 82.8 cm³/mol. The number of nitrogens with one attached hydrogen (secondary N) is 3. The average molecular weight is 327 g/mol. The summed E-state index contributed by atoms with van der Waals surface area (Å²) in [7, 11) is -2.53. The van der Waals surface area contributed by atoms with Gasteiger partial charge in [-0.3, -0.25) is 4.79 Å². The topological polar surface area (TPSA) is 104 Å². The van der Waals surface area contributed by atoms with Crippen molar-refractivity contribution >= 4 is 22.0 Å². The summed E-state index contributed by atoms with van der Waals surface area (Å²) in [5.74, 6) is -0.0859. The highest BCUT2D eigenvalue weighted by atomic mass is 32.2. The van der Waals surface area contributed by atoms with Crippen LogP contribution in [0, 0.1) is 5.92 Å². The van der Waals surface area contributed by atoms with Gasteiger partial charge >= 0.3 is 6.03 Å². The van der Waals surface area contributed by atoms with Crippen molar-refractivity contribution in [1.82, 2.24) is 15.4 Å². The van der Waals surface area contributed by atoms with Crippen LogP contribution in [0.3, 0.4) is 0 Å². The number of rotatable bonds is 6. The summed E-state index contributed by atoms with van der Waals surface area (Å²) in [4.78, 5) is 22.5. The van der Waals surface area contributed by atoms with Crippen LogP contribution in [-0.4, -0.2) is 33.9 Å². The molecule has 0 aliphatic heterocycles. The minimum Gasteiger partial charge on any atom is -0.356 e. The number of urea groups is 1. The molecule has 0 aliphatic rings. The molecule has 122 valence electrons. The van der Waals surface area contributed by atoms with Gasteiger partial charge in [-0.15, -0.1) is 0 Å². The second-order valence-corrected chi connectivity index (χ2v) is 6.71. The zero-order valence-corrected chi connectivity index (χ0v) is 13.7. The second-order valence-electron chi connectivity index (χ2n) is 5.02. The first kappa shape index (κ1) is 18.0. The molecular formula is C14H21N3O4S. The molecule has 7 nitrogen and oxygen atoms in total. The van der Waals surface area contributed by atoms with Gasteiger partial charge in [-0.05, 0) is 24.1 Å². The van der Waals surface area contributed by atoms with Gasteiger partial charge in [0.15, 0.2) is 0 Å². The summed E-state index contributed by atoms with van der Waals surface area (Å²) in [6.07, 6.45) is 0.599. The fourth-order valence-electron chi connectivity index (χ4n) is 1.60. The quantitative estimate of drug-likeness (QED) is 0.712. The maximum absolute atomic E-state index is 11.9. The molecule has 0 aromatic heterocycles. The summed E-state index contributed by atoms with van der Waals surface area (Å²) in [5.41, 5.74) is 0.892. The fourth-order valence-corrected chi connectivity index (χ4v) is 2.56. The van der Waals surface area contributed by atoms with E-state index in [9.17, 15) is 18.0 Å². The van der Waals surface area contributed by atoms with E-state index in [1.807, 2.05) is 18.6 Å². The molecule has 0 bridgehead atoms. The zero-order valence-electron chi connectivity index (χ0n) is 12.8. The molecule has 8 heteroatoms. The first-order chi connectivity index (χ1) is 10.3. The number of carbonyl (C=O) groups excluding carboxylic acids is 2. The van der Waals surface area contributed by atoms with Gasteiger partial charge in [0.25, 0.3) is 10.0 Å². The second kappa shape index (κ2) is 7.79. The van der Waals surface area contributed by atoms with Crippen molar-refractivity contribution in [2.24, 2.45) is 5.92 Å². The summed E-state index contributed by atoms with van der Waals surface area (Å²) >= 11 is 0. The molecular weight excluding hydrogens is 306 g/mol. The number of benzene rings is 1. The summed E-state index contributed by atoms with van der Waals surface area (Å²) in [6, 6.07) is 5.36. The van der Waals surface area contributed by atoms with Crippen LogP contribution in [0.1, 0.15) is 19.4 Å².